The number of methoxy groups -OCH3 is 2. The molecule has 0 saturated heterocycles. The van der Waals surface area contributed by atoms with E-state index < -0.39 is 0 Å². The second kappa shape index (κ2) is 5.60. The molecule has 94 valence electrons. The van der Waals surface area contributed by atoms with Crippen molar-refractivity contribution in [2.75, 3.05) is 19.5 Å². The van der Waals surface area contributed by atoms with E-state index in [0.29, 0.717) is 10.9 Å². The zero-order chi connectivity index (χ0) is 13.0. The second-order valence-electron chi connectivity index (χ2n) is 3.56. The fourth-order valence-electron chi connectivity index (χ4n) is 1.54. The van der Waals surface area contributed by atoms with Crippen LogP contribution in [0.1, 0.15) is 0 Å². The lowest BCUT2D eigenvalue weighted by Gasteiger charge is -2.12. The number of nitrogens with one attached hydrogen (secondary N) is 1. The molecule has 0 spiro atoms. The fraction of sp³-hybridized carbons (Fsp3) is 0.154. The molecule has 0 radical (unpaired) electrons. The van der Waals surface area contributed by atoms with E-state index in [2.05, 4.69) is 10.3 Å². The van der Waals surface area contributed by atoms with Crippen LogP contribution in [-0.4, -0.2) is 19.2 Å². The Kier molecular flexibility index (Phi) is 3.89. The molecule has 0 fully saturated rings. The summed E-state index contributed by atoms with van der Waals surface area (Å²) in [5.41, 5.74) is 1.68. The van der Waals surface area contributed by atoms with Gasteiger partial charge in [0.15, 0.2) is 0 Å². The van der Waals surface area contributed by atoms with Gasteiger partial charge in [-0.3, -0.25) is 0 Å². The Hall–Kier alpha value is -1.94. The van der Waals surface area contributed by atoms with Crippen molar-refractivity contribution in [2.45, 2.75) is 0 Å². The summed E-state index contributed by atoms with van der Waals surface area (Å²) in [6.45, 7) is 0. The van der Waals surface area contributed by atoms with Crippen molar-refractivity contribution in [3.05, 3.63) is 41.7 Å². The highest BCUT2D eigenvalue weighted by atomic mass is 35.5. The molecular formula is C13H13ClN2O2. The zero-order valence-electron chi connectivity index (χ0n) is 10.1. The summed E-state index contributed by atoms with van der Waals surface area (Å²) >= 11 is 5.83. The molecule has 1 aromatic carbocycles. The molecule has 1 aromatic heterocycles. The van der Waals surface area contributed by atoms with Crippen molar-refractivity contribution < 1.29 is 9.47 Å². The molecule has 0 aliphatic heterocycles. The number of halogens is 1. The summed E-state index contributed by atoms with van der Waals surface area (Å²) in [5.74, 6) is 1.44. The highest BCUT2D eigenvalue weighted by molar-refractivity contribution is 6.29. The first-order valence-electron chi connectivity index (χ1n) is 5.33. The van der Waals surface area contributed by atoms with Crippen LogP contribution < -0.4 is 14.8 Å². The molecule has 5 heteroatoms. The topological polar surface area (TPSA) is 43.4 Å². The monoisotopic (exact) mass is 264 g/mol. The summed E-state index contributed by atoms with van der Waals surface area (Å²) in [4.78, 5) is 3.93. The van der Waals surface area contributed by atoms with Crippen LogP contribution in [0.5, 0.6) is 11.5 Å². The number of pyridine rings is 1. The molecule has 0 amide bonds. The molecule has 0 unspecified atom stereocenters. The van der Waals surface area contributed by atoms with Crippen LogP contribution in [0, 0.1) is 0 Å². The molecule has 0 aliphatic rings. The third-order valence-corrected chi connectivity index (χ3v) is 2.62. The van der Waals surface area contributed by atoms with Crippen molar-refractivity contribution in [3.8, 4) is 11.5 Å². The maximum Gasteiger partial charge on any atom is 0.145 e. The number of hydrogen-bond donors (Lipinski definition) is 1. The predicted molar refractivity (Wildman–Crippen MR) is 72.1 cm³/mol. The average Bonchev–Trinajstić information content (AvgIpc) is 2.39. The number of nitrogens with zero attached hydrogens (tertiary/aromatic N) is 1. The van der Waals surface area contributed by atoms with Crippen LogP contribution in [0.3, 0.4) is 0 Å². The maximum absolute atomic E-state index is 5.83. The van der Waals surface area contributed by atoms with Crippen molar-refractivity contribution in [2.24, 2.45) is 0 Å². The summed E-state index contributed by atoms with van der Waals surface area (Å²) in [7, 11) is 3.23. The SMILES string of the molecule is COc1ccc(Nc2ccnc(Cl)c2)c(OC)c1. The van der Waals surface area contributed by atoms with Crippen LogP contribution in [0.2, 0.25) is 5.15 Å². The molecule has 2 rings (SSSR count). The van der Waals surface area contributed by atoms with Gasteiger partial charge < -0.3 is 14.8 Å². The molecule has 0 aliphatic carbocycles. The minimum Gasteiger partial charge on any atom is -0.497 e. The van der Waals surface area contributed by atoms with Gasteiger partial charge in [0.25, 0.3) is 0 Å². The Labute approximate surface area is 111 Å². The molecule has 4 nitrogen and oxygen atoms in total. The lowest BCUT2D eigenvalue weighted by atomic mass is 10.2. The molecule has 18 heavy (non-hydrogen) atoms. The van der Waals surface area contributed by atoms with Crippen LogP contribution in [0.25, 0.3) is 0 Å². The van der Waals surface area contributed by atoms with E-state index in [9.17, 15) is 0 Å². The van der Waals surface area contributed by atoms with Gasteiger partial charge in [0.1, 0.15) is 16.7 Å². The maximum atomic E-state index is 5.83. The number of benzene rings is 1. The molecule has 1 N–H and O–H groups in total. The van der Waals surface area contributed by atoms with Crippen molar-refractivity contribution in [1.82, 2.24) is 4.98 Å². The van der Waals surface area contributed by atoms with E-state index in [0.717, 1.165) is 17.1 Å². The molecule has 1 heterocycles. The minimum absolute atomic E-state index is 0.437. The predicted octanol–water partition coefficient (Wildman–Crippen LogP) is 3.50. The Morgan fingerprint density at radius 2 is 1.94 bits per heavy atom. The molecule has 0 atom stereocenters. The highest BCUT2D eigenvalue weighted by Crippen LogP contribution is 2.31. The summed E-state index contributed by atoms with van der Waals surface area (Å²) in [6, 6.07) is 9.12. The third-order valence-electron chi connectivity index (χ3n) is 2.41. The van der Waals surface area contributed by atoms with E-state index in [1.54, 1.807) is 26.5 Å². The Bertz CT molecular complexity index is 546. The average molecular weight is 265 g/mol. The van der Waals surface area contributed by atoms with Gasteiger partial charge in [-0.1, -0.05) is 11.6 Å². The second-order valence-corrected chi connectivity index (χ2v) is 3.95. The van der Waals surface area contributed by atoms with Crippen molar-refractivity contribution in [3.63, 3.8) is 0 Å². The zero-order valence-corrected chi connectivity index (χ0v) is 10.9. The van der Waals surface area contributed by atoms with E-state index in [1.165, 1.54) is 0 Å². The molecule has 0 saturated carbocycles. The Balaban J connectivity index is 2.28. The van der Waals surface area contributed by atoms with Gasteiger partial charge in [-0.15, -0.1) is 0 Å². The largest absolute Gasteiger partial charge is 0.497 e. The lowest BCUT2D eigenvalue weighted by molar-refractivity contribution is 0.395. The molecular weight excluding hydrogens is 252 g/mol. The van der Waals surface area contributed by atoms with Crippen LogP contribution in [0.15, 0.2) is 36.5 Å². The van der Waals surface area contributed by atoms with Gasteiger partial charge in [0.2, 0.25) is 0 Å². The van der Waals surface area contributed by atoms with E-state index in [1.807, 2.05) is 24.3 Å². The van der Waals surface area contributed by atoms with Gasteiger partial charge in [0, 0.05) is 18.0 Å². The van der Waals surface area contributed by atoms with Crippen LogP contribution >= 0.6 is 11.6 Å². The van der Waals surface area contributed by atoms with E-state index in [-0.39, 0.29) is 0 Å². The molecule has 0 bridgehead atoms. The molecule has 2 aromatic rings. The lowest BCUT2D eigenvalue weighted by Crippen LogP contribution is -1.95. The van der Waals surface area contributed by atoms with Crippen molar-refractivity contribution in [1.29, 1.82) is 0 Å². The fourth-order valence-corrected chi connectivity index (χ4v) is 1.71. The Morgan fingerprint density at radius 1 is 1.11 bits per heavy atom. The van der Waals surface area contributed by atoms with Gasteiger partial charge in [-0.25, -0.2) is 4.98 Å². The van der Waals surface area contributed by atoms with Gasteiger partial charge in [-0.05, 0) is 24.3 Å². The normalized spacial score (nSPS) is 9.94. The van der Waals surface area contributed by atoms with Crippen LogP contribution in [-0.2, 0) is 0 Å². The summed E-state index contributed by atoms with van der Waals surface area (Å²) in [6.07, 6.45) is 1.64. The standard InChI is InChI=1S/C13H13ClN2O2/c1-17-10-3-4-11(12(8-10)18-2)16-9-5-6-15-13(14)7-9/h3-8H,1-2H3,(H,15,16). The smallest absolute Gasteiger partial charge is 0.145 e. The van der Waals surface area contributed by atoms with Gasteiger partial charge >= 0.3 is 0 Å². The number of ether oxygens (including phenoxy) is 2. The van der Waals surface area contributed by atoms with Crippen molar-refractivity contribution >= 4 is 23.0 Å². The highest BCUT2D eigenvalue weighted by Gasteiger charge is 2.05. The Morgan fingerprint density at radius 3 is 2.61 bits per heavy atom. The third kappa shape index (κ3) is 2.84. The first-order chi connectivity index (χ1) is 8.72. The van der Waals surface area contributed by atoms with Gasteiger partial charge in [-0.2, -0.15) is 0 Å². The number of aromatic nitrogens is 1. The first kappa shape index (κ1) is 12.5. The number of anilines is 2. The minimum atomic E-state index is 0.437. The van der Waals surface area contributed by atoms with E-state index >= 15 is 0 Å². The van der Waals surface area contributed by atoms with Gasteiger partial charge in [0.05, 0.1) is 19.9 Å². The number of hydrogen-bond acceptors (Lipinski definition) is 4. The summed E-state index contributed by atoms with van der Waals surface area (Å²) in [5, 5.41) is 3.65. The number of rotatable bonds is 4. The van der Waals surface area contributed by atoms with Crippen LogP contribution in [0.4, 0.5) is 11.4 Å². The van der Waals surface area contributed by atoms with E-state index in [4.69, 9.17) is 21.1 Å². The quantitative estimate of drug-likeness (QED) is 0.859. The first-order valence-corrected chi connectivity index (χ1v) is 5.71. The summed E-state index contributed by atoms with van der Waals surface area (Å²) < 4.78 is 10.4.